The van der Waals surface area contributed by atoms with Crippen molar-refractivity contribution in [3.05, 3.63) is 85.5 Å². The molecule has 2 aromatic carbocycles. The molecular formula is C59H102N2O2Pd. The number of aryl methyl sites for hydroxylation is 4. The average molecular weight is 978 g/mol. The normalized spacial score (nSPS) is 12.3. The Kier molecular flexibility index (Phi) is 39.0. The molecular weight excluding hydrogens is 875 g/mol. The molecule has 1 aliphatic rings. The van der Waals surface area contributed by atoms with E-state index in [1.165, 1.54) is 151 Å². The second-order valence-electron chi connectivity index (χ2n) is 18.7. The van der Waals surface area contributed by atoms with Crippen molar-refractivity contribution in [3.63, 3.8) is 0 Å². The number of aliphatic hydroxyl groups excluding tert-OH is 2. The Balaban J connectivity index is 0.00000324. The van der Waals surface area contributed by atoms with Crippen molar-refractivity contribution in [2.75, 3.05) is 13.2 Å². The molecule has 0 unspecified atom stereocenters. The topological polar surface area (TPSA) is 65.8 Å². The summed E-state index contributed by atoms with van der Waals surface area (Å²) in [6.07, 6.45) is 37.1. The SMILES string of the molecule is CCCCCc1cc(C2=C(C)C(CCCC)=C(c3cc(CCCCC)c(CCCCC)c(CCCCC)c3)[N+]2=[N-])cc(CCCCC)c1CCCCC.CCCCO.CCCCO.[Pd]. The average Bonchev–Trinajstić information content (AvgIpc) is 3.53. The molecule has 1 aliphatic heterocycles. The summed E-state index contributed by atoms with van der Waals surface area (Å²) in [5.74, 6) is 0. The first-order chi connectivity index (χ1) is 30.7. The van der Waals surface area contributed by atoms with Gasteiger partial charge in [0.15, 0.2) is 0 Å². The molecule has 370 valence electrons. The van der Waals surface area contributed by atoms with Crippen LogP contribution in [0.25, 0.3) is 16.9 Å². The molecule has 1 heterocycles. The predicted octanol–water partition coefficient (Wildman–Crippen LogP) is 18.0. The van der Waals surface area contributed by atoms with Gasteiger partial charge >= 0.3 is 0 Å². The van der Waals surface area contributed by atoms with Gasteiger partial charge in [-0.25, -0.2) is 4.70 Å². The Morgan fingerprint density at radius 1 is 0.375 bits per heavy atom. The van der Waals surface area contributed by atoms with E-state index in [4.69, 9.17) is 10.2 Å². The van der Waals surface area contributed by atoms with E-state index in [2.05, 4.69) is 93.5 Å². The molecule has 2 aromatic rings. The molecule has 0 fully saturated rings. The Morgan fingerprint density at radius 2 is 0.656 bits per heavy atom. The second-order valence-corrected chi connectivity index (χ2v) is 18.7. The second kappa shape index (κ2) is 40.2. The van der Waals surface area contributed by atoms with E-state index in [9.17, 15) is 5.53 Å². The van der Waals surface area contributed by atoms with Gasteiger partial charge in [-0.1, -0.05) is 159 Å². The molecule has 3 rings (SSSR count). The standard InChI is InChI=1S/C51H82N2.2C4H10O.Pd/c1-9-16-23-29-41-36-45(37-42(30-24-17-10-2)48(41)34-27-20-13-5)50-40(8)47(33-22-15-7)51(53(50)52)46-38-43(31-25-18-11-3)49(35-28-21-14-6)44(39-46)32-26-19-12-4;2*1-2-3-4-5;/h36-39H,9-35H2,1-8H3;2*5H,2-4H2,1H3;. The molecule has 4 nitrogen and oxygen atoms in total. The van der Waals surface area contributed by atoms with Crippen LogP contribution in [0.2, 0.25) is 0 Å². The van der Waals surface area contributed by atoms with Crippen molar-refractivity contribution in [3.8, 4) is 0 Å². The molecule has 0 bridgehead atoms. The van der Waals surface area contributed by atoms with Crippen LogP contribution in [0.1, 0.15) is 274 Å². The van der Waals surface area contributed by atoms with Gasteiger partial charge in [0.25, 0.3) is 0 Å². The third kappa shape index (κ3) is 22.7. The molecule has 0 atom stereocenters. The smallest absolute Gasteiger partial charge is 0.211 e. The van der Waals surface area contributed by atoms with Crippen molar-refractivity contribution >= 4 is 11.4 Å². The minimum atomic E-state index is 0. The zero-order valence-corrected chi connectivity index (χ0v) is 45.3. The molecule has 0 aliphatic carbocycles. The van der Waals surface area contributed by atoms with Gasteiger partial charge in [0.2, 0.25) is 11.4 Å². The molecule has 5 heteroatoms. The minimum Gasteiger partial charge on any atom is -0.493 e. The van der Waals surface area contributed by atoms with E-state index in [-0.39, 0.29) is 20.4 Å². The van der Waals surface area contributed by atoms with Crippen molar-refractivity contribution in [1.82, 2.24) is 0 Å². The van der Waals surface area contributed by atoms with Crippen molar-refractivity contribution < 1.29 is 35.3 Å². The number of benzene rings is 2. The Hall–Kier alpha value is -1.90. The van der Waals surface area contributed by atoms with Gasteiger partial charge in [0, 0.05) is 55.9 Å². The number of unbranched alkanes of at least 4 members (excludes halogenated alkanes) is 15. The van der Waals surface area contributed by atoms with Crippen LogP contribution in [0, 0.1) is 0 Å². The van der Waals surface area contributed by atoms with Crippen LogP contribution < -0.4 is 0 Å². The van der Waals surface area contributed by atoms with Crippen LogP contribution in [0.5, 0.6) is 0 Å². The summed E-state index contributed by atoms with van der Waals surface area (Å²) >= 11 is 0. The summed E-state index contributed by atoms with van der Waals surface area (Å²) in [6, 6.07) is 10.0. The van der Waals surface area contributed by atoms with Crippen LogP contribution in [0.4, 0.5) is 0 Å². The Labute approximate surface area is 411 Å². The van der Waals surface area contributed by atoms with E-state index < -0.39 is 0 Å². The molecule has 0 saturated heterocycles. The third-order valence-corrected chi connectivity index (χ3v) is 13.0. The van der Waals surface area contributed by atoms with Gasteiger partial charge in [-0.15, -0.1) is 0 Å². The first-order valence-corrected chi connectivity index (χ1v) is 27.2. The first-order valence-electron chi connectivity index (χ1n) is 27.2. The largest absolute Gasteiger partial charge is 0.493 e. The first kappa shape index (κ1) is 62.1. The van der Waals surface area contributed by atoms with Crippen molar-refractivity contribution in [2.45, 2.75) is 268 Å². The quantitative estimate of drug-likeness (QED) is 0.0425. The Morgan fingerprint density at radius 3 is 0.922 bits per heavy atom. The van der Waals surface area contributed by atoms with Gasteiger partial charge in [-0.2, -0.15) is 0 Å². The van der Waals surface area contributed by atoms with E-state index in [0.717, 1.165) is 82.0 Å². The molecule has 2 N–H and O–H groups in total. The zero-order chi connectivity index (χ0) is 46.7. The van der Waals surface area contributed by atoms with Gasteiger partial charge in [-0.05, 0) is 167 Å². The summed E-state index contributed by atoms with van der Waals surface area (Å²) in [7, 11) is 0. The maximum absolute atomic E-state index is 12.6. The van der Waals surface area contributed by atoms with E-state index in [0.29, 0.717) is 13.2 Å². The van der Waals surface area contributed by atoms with Gasteiger partial charge in [-0.3, -0.25) is 0 Å². The number of nitrogens with zero attached hydrogens (tertiary/aromatic N) is 2. The summed E-state index contributed by atoms with van der Waals surface area (Å²) < 4.78 is 1.66. The van der Waals surface area contributed by atoms with Crippen molar-refractivity contribution in [1.29, 1.82) is 0 Å². The monoisotopic (exact) mass is 977 g/mol. The summed E-state index contributed by atoms with van der Waals surface area (Å²) in [4.78, 5) is 0. The molecule has 0 radical (unpaired) electrons. The number of hydrogen-bond donors (Lipinski definition) is 2. The number of allylic oxidation sites excluding steroid dienone is 2. The summed E-state index contributed by atoms with van der Waals surface area (Å²) in [5, 5.41) is 16.1. The predicted molar refractivity (Wildman–Crippen MR) is 279 cm³/mol. The fraction of sp³-hybridized carbons (Fsp3) is 0.729. The molecule has 0 saturated carbocycles. The van der Waals surface area contributed by atoms with Gasteiger partial charge in [0.1, 0.15) is 0 Å². The van der Waals surface area contributed by atoms with E-state index in [1.807, 2.05) is 0 Å². The van der Waals surface area contributed by atoms with E-state index >= 15 is 0 Å². The fourth-order valence-corrected chi connectivity index (χ4v) is 9.10. The summed E-state index contributed by atoms with van der Waals surface area (Å²) in [6.45, 7) is 23.3. The van der Waals surface area contributed by atoms with Crippen molar-refractivity contribution in [2.24, 2.45) is 0 Å². The summed E-state index contributed by atoms with van der Waals surface area (Å²) in [5.41, 5.74) is 29.3. The zero-order valence-electron chi connectivity index (χ0n) is 43.7. The van der Waals surface area contributed by atoms with Crippen LogP contribution in [-0.2, 0) is 58.9 Å². The van der Waals surface area contributed by atoms with Gasteiger partial charge in [0.05, 0.1) is 0 Å². The van der Waals surface area contributed by atoms with Crippen LogP contribution in [-0.4, -0.2) is 28.1 Å². The van der Waals surface area contributed by atoms with E-state index in [1.54, 1.807) is 38.1 Å². The Bertz CT molecular complexity index is 1500. The van der Waals surface area contributed by atoms with Crippen LogP contribution >= 0.6 is 0 Å². The maximum atomic E-state index is 12.6. The molecule has 64 heavy (non-hydrogen) atoms. The number of aliphatic hydroxyl groups is 2. The molecule has 0 aromatic heterocycles. The fourth-order valence-electron chi connectivity index (χ4n) is 9.10. The van der Waals surface area contributed by atoms with Crippen LogP contribution in [0.15, 0.2) is 35.4 Å². The molecule has 0 spiro atoms. The minimum absolute atomic E-state index is 0. The number of rotatable bonds is 33. The van der Waals surface area contributed by atoms with Gasteiger partial charge < -0.3 is 15.7 Å². The molecule has 0 amide bonds. The maximum Gasteiger partial charge on any atom is 0.211 e. The van der Waals surface area contributed by atoms with Crippen LogP contribution in [0.3, 0.4) is 0 Å². The number of hydrogen-bond acceptors (Lipinski definition) is 2. The third-order valence-electron chi connectivity index (χ3n) is 13.0.